The third-order valence-corrected chi connectivity index (χ3v) is 4.33. The Morgan fingerprint density at radius 3 is 2.12 bits per heavy atom. The van der Waals surface area contributed by atoms with Gasteiger partial charge in [-0.1, -0.05) is 36.4 Å². The summed E-state index contributed by atoms with van der Waals surface area (Å²) < 4.78 is 21.7. The van der Waals surface area contributed by atoms with Crippen LogP contribution < -0.4 is 29.0 Å². The molecule has 0 spiro atoms. The van der Waals surface area contributed by atoms with Crippen LogP contribution in [0.5, 0.6) is 23.0 Å². The molecule has 0 aliphatic carbocycles. The molecule has 0 radical (unpaired) electrons. The van der Waals surface area contributed by atoms with Crippen molar-refractivity contribution in [1.82, 2.24) is 0 Å². The molecule has 0 bridgehead atoms. The van der Waals surface area contributed by atoms with Gasteiger partial charge in [-0.15, -0.1) is 6.61 Å². The third-order valence-electron chi connectivity index (χ3n) is 4.33. The number of aliphatic hydroxyl groups is 2. The van der Waals surface area contributed by atoms with Gasteiger partial charge in [0.15, 0.2) is 11.5 Å². The number of ether oxygens (including phenoxy) is 4. The van der Waals surface area contributed by atoms with Gasteiger partial charge in [0.05, 0.1) is 34.9 Å². The Kier molecular flexibility index (Phi) is 13.6. The largest absolute Gasteiger partial charge is 0.853 e. The maximum Gasteiger partial charge on any atom is 0.203 e. The zero-order chi connectivity index (χ0) is 23.8. The molecule has 2 aromatic rings. The minimum atomic E-state index is -0.593. The Morgan fingerprint density at radius 2 is 1.62 bits per heavy atom. The molecule has 3 N–H and O–H groups in total. The Morgan fingerprint density at radius 1 is 1.03 bits per heavy atom. The van der Waals surface area contributed by atoms with Gasteiger partial charge in [-0.05, 0) is 11.6 Å². The smallest absolute Gasteiger partial charge is 0.203 e. The summed E-state index contributed by atoms with van der Waals surface area (Å²) in [5, 5.41) is 26.9. The second kappa shape index (κ2) is 15.9. The van der Waals surface area contributed by atoms with Crippen molar-refractivity contribution in [3.05, 3.63) is 54.1 Å². The zero-order valence-electron chi connectivity index (χ0n) is 19.2. The number of rotatable bonds is 12. The van der Waals surface area contributed by atoms with Crippen molar-refractivity contribution in [2.24, 2.45) is 0 Å². The van der Waals surface area contributed by atoms with Crippen molar-refractivity contribution < 1.29 is 39.2 Å². The molecule has 32 heavy (non-hydrogen) atoms. The monoisotopic (exact) mass is 449 g/mol. The van der Waals surface area contributed by atoms with Crippen LogP contribution >= 0.6 is 0 Å². The van der Waals surface area contributed by atoms with Crippen LogP contribution in [0.15, 0.2) is 48.5 Å². The molecule has 2 aromatic carbocycles. The summed E-state index contributed by atoms with van der Waals surface area (Å²) in [6.07, 6.45) is 3.60. The zero-order valence-corrected chi connectivity index (χ0v) is 19.2. The molecule has 0 heterocycles. The van der Waals surface area contributed by atoms with Crippen LogP contribution in [0.4, 0.5) is 0 Å². The fourth-order valence-electron chi connectivity index (χ4n) is 2.84. The highest BCUT2D eigenvalue weighted by atomic mass is 16.5. The van der Waals surface area contributed by atoms with Crippen molar-refractivity contribution in [1.29, 1.82) is 0 Å². The first-order chi connectivity index (χ1) is 15.5. The lowest BCUT2D eigenvalue weighted by Crippen LogP contribution is -3.10. The molecule has 8 nitrogen and oxygen atoms in total. The van der Waals surface area contributed by atoms with Crippen molar-refractivity contribution in [2.75, 3.05) is 61.3 Å². The van der Waals surface area contributed by atoms with E-state index in [4.69, 9.17) is 29.2 Å². The quantitative estimate of drug-likeness (QED) is 0.420. The highest BCUT2D eigenvalue weighted by Gasteiger charge is 2.16. The third kappa shape index (κ3) is 10.0. The highest BCUT2D eigenvalue weighted by molar-refractivity contribution is 5.55. The van der Waals surface area contributed by atoms with E-state index in [-0.39, 0.29) is 19.8 Å². The number of hydrogen-bond donors (Lipinski definition) is 3. The van der Waals surface area contributed by atoms with Gasteiger partial charge in [0.25, 0.3) is 0 Å². The number of aliphatic hydroxyl groups excluding tert-OH is 2. The number of quaternary nitrogens is 1. The van der Waals surface area contributed by atoms with E-state index in [1.54, 1.807) is 33.5 Å². The van der Waals surface area contributed by atoms with Gasteiger partial charge >= 0.3 is 0 Å². The fraction of sp³-hybridized carbons (Fsp3) is 0.417. The van der Waals surface area contributed by atoms with E-state index in [1.165, 1.54) is 10.5 Å². The minimum absolute atomic E-state index is 0.179. The molecular weight excluding hydrogens is 414 g/mol. The first-order valence-corrected chi connectivity index (χ1v) is 10.3. The predicted molar refractivity (Wildman–Crippen MR) is 122 cm³/mol. The number of hydrogen-bond acceptors (Lipinski definition) is 7. The van der Waals surface area contributed by atoms with Crippen molar-refractivity contribution in [3.8, 4) is 23.0 Å². The Balaban J connectivity index is 0.00000118. The summed E-state index contributed by atoms with van der Waals surface area (Å²) in [6.45, 7) is 0.956. The molecule has 2 atom stereocenters. The number of likely N-dealkylation sites (N-methyl/N-ethyl adjacent to an activating group) is 1. The molecule has 0 saturated heterocycles. The highest BCUT2D eigenvalue weighted by Crippen LogP contribution is 2.40. The molecule has 0 saturated carbocycles. The van der Waals surface area contributed by atoms with Crippen LogP contribution in [0, 0.1) is 0 Å². The molecule has 0 aliphatic rings. The molecule has 0 aliphatic heterocycles. The van der Waals surface area contributed by atoms with E-state index < -0.39 is 6.10 Å². The van der Waals surface area contributed by atoms with E-state index >= 15 is 0 Å². The van der Waals surface area contributed by atoms with Crippen LogP contribution in [-0.4, -0.2) is 77.6 Å². The van der Waals surface area contributed by atoms with Gasteiger partial charge in [0.1, 0.15) is 25.0 Å². The van der Waals surface area contributed by atoms with Gasteiger partial charge in [-0.2, -0.15) is 0 Å². The average molecular weight is 450 g/mol. The SMILES string of the molecule is COc1cc(OCC(O)C[NH+](C)C/C=C/c2ccccc2)cc(OC)c1OC.[O-]CCO. The predicted octanol–water partition coefficient (Wildman–Crippen LogP) is 0.0192. The van der Waals surface area contributed by atoms with Crippen LogP contribution in [0.25, 0.3) is 6.08 Å². The molecule has 2 unspecified atom stereocenters. The van der Waals surface area contributed by atoms with Crippen LogP contribution in [0.3, 0.4) is 0 Å². The maximum atomic E-state index is 10.3. The van der Waals surface area contributed by atoms with Crippen molar-refractivity contribution >= 4 is 6.08 Å². The van der Waals surface area contributed by atoms with Crippen LogP contribution in [0.1, 0.15) is 5.56 Å². The van der Waals surface area contributed by atoms with Gasteiger partial charge in [0.2, 0.25) is 5.75 Å². The minimum Gasteiger partial charge on any atom is -0.853 e. The lowest BCUT2D eigenvalue weighted by molar-refractivity contribution is -0.876. The average Bonchev–Trinajstić information content (AvgIpc) is 2.82. The number of nitrogens with one attached hydrogen (secondary N) is 1. The normalized spacial score (nSPS) is 12.5. The summed E-state index contributed by atoms with van der Waals surface area (Å²) >= 11 is 0. The van der Waals surface area contributed by atoms with E-state index in [0.717, 1.165) is 6.54 Å². The fourth-order valence-corrected chi connectivity index (χ4v) is 2.84. The topological polar surface area (TPSA) is 105 Å². The lowest BCUT2D eigenvalue weighted by atomic mass is 10.2. The lowest BCUT2D eigenvalue weighted by Gasteiger charge is -2.18. The molecular formula is C24H35NO7. The van der Waals surface area contributed by atoms with Crippen LogP contribution in [0.2, 0.25) is 0 Å². The summed E-state index contributed by atoms with van der Waals surface area (Å²) in [5.74, 6) is 2.09. The summed E-state index contributed by atoms with van der Waals surface area (Å²) in [6, 6.07) is 13.6. The first kappa shape index (κ1) is 27.3. The van der Waals surface area contributed by atoms with E-state index in [0.29, 0.717) is 29.5 Å². The maximum absolute atomic E-state index is 10.3. The standard InChI is InChI=1S/C22H29NO5.C2H5O2/c1-23(12-8-11-17-9-6-5-7-10-17)15-18(24)16-28-19-13-20(25-2)22(27-4)21(14-19)26-3;3-1-2-4/h5-11,13-14,18,24H,12,15-16H2,1-4H3;3H,1-2H2/q;-1/p+1/b11-8+;. The summed E-state index contributed by atoms with van der Waals surface area (Å²) in [7, 11) is 6.70. The van der Waals surface area contributed by atoms with Crippen molar-refractivity contribution in [3.63, 3.8) is 0 Å². The van der Waals surface area contributed by atoms with E-state index in [9.17, 15) is 5.11 Å². The van der Waals surface area contributed by atoms with E-state index in [2.05, 4.69) is 24.3 Å². The first-order valence-electron chi connectivity index (χ1n) is 10.3. The van der Waals surface area contributed by atoms with Crippen LogP contribution in [-0.2, 0) is 0 Å². The second-order valence-electron chi connectivity index (χ2n) is 6.93. The van der Waals surface area contributed by atoms with Crippen molar-refractivity contribution in [2.45, 2.75) is 6.10 Å². The van der Waals surface area contributed by atoms with Gasteiger partial charge in [-0.25, -0.2) is 0 Å². The Bertz CT molecular complexity index is 756. The summed E-state index contributed by atoms with van der Waals surface area (Å²) in [4.78, 5) is 1.19. The van der Waals surface area contributed by atoms with Gasteiger partial charge in [0, 0.05) is 18.7 Å². The number of benzene rings is 2. The molecule has 178 valence electrons. The molecule has 0 fully saturated rings. The second-order valence-corrected chi connectivity index (χ2v) is 6.93. The molecule has 8 heteroatoms. The molecule has 0 amide bonds. The van der Waals surface area contributed by atoms with Gasteiger partial charge < -0.3 is 39.2 Å². The summed E-state index contributed by atoms with van der Waals surface area (Å²) in [5.41, 5.74) is 1.17. The Hall–Kier alpha value is -2.78. The Labute approximate surface area is 190 Å². The molecule has 0 aromatic heterocycles. The number of methoxy groups -OCH3 is 3. The van der Waals surface area contributed by atoms with Gasteiger partial charge in [-0.3, -0.25) is 0 Å². The van der Waals surface area contributed by atoms with E-state index in [1.807, 2.05) is 25.2 Å². The molecule has 2 rings (SSSR count).